The van der Waals surface area contributed by atoms with E-state index < -0.39 is 0 Å². The predicted molar refractivity (Wildman–Crippen MR) is 58.1 cm³/mol. The van der Waals surface area contributed by atoms with Gasteiger partial charge in [-0.05, 0) is 30.9 Å². The van der Waals surface area contributed by atoms with Gasteiger partial charge in [-0.1, -0.05) is 30.2 Å². The molecular weight excluding hydrogens is 170 g/mol. The van der Waals surface area contributed by atoms with Crippen LogP contribution in [0, 0.1) is 6.92 Å². The summed E-state index contributed by atoms with van der Waals surface area (Å²) >= 11 is 0. The van der Waals surface area contributed by atoms with E-state index in [1.54, 1.807) is 11.1 Å². The fourth-order valence-electron chi connectivity index (χ4n) is 2.56. The second-order valence-electron chi connectivity index (χ2n) is 4.76. The van der Waals surface area contributed by atoms with Gasteiger partial charge in [0.25, 0.3) is 0 Å². The number of benzene rings is 1. The minimum atomic E-state index is 0.891. The number of fused-ring (bicyclic) bond motifs is 1. The third-order valence-corrected chi connectivity index (χ3v) is 3.70. The Morgan fingerprint density at radius 2 is 1.93 bits per heavy atom. The Hall–Kier alpha value is -0.820. The molecule has 2 aliphatic rings. The Labute approximate surface area is 85.7 Å². The van der Waals surface area contributed by atoms with Crippen LogP contribution < -0.4 is 0 Å². The van der Waals surface area contributed by atoms with E-state index in [9.17, 15) is 0 Å². The Balaban J connectivity index is 1.82. The average Bonchev–Trinajstić information content (AvgIpc) is 2.43. The highest BCUT2D eigenvalue weighted by molar-refractivity contribution is 5.34. The zero-order valence-corrected chi connectivity index (χ0v) is 8.79. The summed E-state index contributed by atoms with van der Waals surface area (Å²) in [4.78, 5) is 2.65. The summed E-state index contributed by atoms with van der Waals surface area (Å²) < 4.78 is 0. The second kappa shape index (κ2) is 3.09. The van der Waals surface area contributed by atoms with Crippen molar-refractivity contribution < 1.29 is 0 Å². The lowest BCUT2D eigenvalue weighted by Gasteiger charge is -2.34. The molecule has 0 N–H and O–H groups in total. The van der Waals surface area contributed by atoms with Crippen molar-refractivity contribution in [2.45, 2.75) is 45.3 Å². The molecule has 0 amide bonds. The smallest absolute Gasteiger partial charge is 0.0243 e. The molecule has 0 atom stereocenters. The van der Waals surface area contributed by atoms with Crippen LogP contribution in [0.25, 0.3) is 0 Å². The minimum Gasteiger partial charge on any atom is -0.292 e. The maximum Gasteiger partial charge on any atom is 0.0243 e. The quantitative estimate of drug-likeness (QED) is 0.653. The van der Waals surface area contributed by atoms with E-state index in [1.807, 2.05) is 0 Å². The van der Waals surface area contributed by atoms with Gasteiger partial charge in [0.1, 0.15) is 0 Å². The molecule has 0 spiro atoms. The normalized spacial score (nSPS) is 22.1. The van der Waals surface area contributed by atoms with Gasteiger partial charge < -0.3 is 0 Å². The SMILES string of the molecule is Cc1ccc2c(c1)CN(C1CCC1)C2. The molecule has 0 radical (unpaired) electrons. The first-order valence-corrected chi connectivity index (χ1v) is 5.65. The van der Waals surface area contributed by atoms with E-state index in [0.29, 0.717) is 0 Å². The summed E-state index contributed by atoms with van der Waals surface area (Å²) in [5.74, 6) is 0. The molecule has 1 aromatic rings. The van der Waals surface area contributed by atoms with Crippen LogP contribution >= 0.6 is 0 Å². The van der Waals surface area contributed by atoms with Crippen molar-refractivity contribution in [2.24, 2.45) is 0 Å². The van der Waals surface area contributed by atoms with E-state index in [0.717, 1.165) is 6.04 Å². The zero-order chi connectivity index (χ0) is 9.54. The molecule has 14 heavy (non-hydrogen) atoms. The average molecular weight is 187 g/mol. The topological polar surface area (TPSA) is 3.24 Å². The Kier molecular flexibility index (Phi) is 1.88. The molecule has 74 valence electrons. The van der Waals surface area contributed by atoms with Gasteiger partial charge in [-0.25, -0.2) is 0 Å². The van der Waals surface area contributed by atoms with Crippen molar-refractivity contribution in [3.63, 3.8) is 0 Å². The molecule has 1 saturated carbocycles. The van der Waals surface area contributed by atoms with Crippen LogP contribution in [-0.2, 0) is 13.1 Å². The highest BCUT2D eigenvalue weighted by Crippen LogP contribution is 2.32. The Morgan fingerprint density at radius 1 is 1.14 bits per heavy atom. The lowest BCUT2D eigenvalue weighted by molar-refractivity contribution is 0.126. The minimum absolute atomic E-state index is 0.891. The van der Waals surface area contributed by atoms with E-state index in [-0.39, 0.29) is 0 Å². The van der Waals surface area contributed by atoms with Crippen LogP contribution in [0.5, 0.6) is 0 Å². The third kappa shape index (κ3) is 1.27. The van der Waals surface area contributed by atoms with Gasteiger partial charge in [-0.15, -0.1) is 0 Å². The standard InChI is InChI=1S/C13H17N/c1-10-5-6-11-8-14(9-12(11)7-10)13-3-2-4-13/h5-7,13H,2-4,8-9H2,1H3. The molecule has 0 saturated heterocycles. The van der Waals surface area contributed by atoms with E-state index in [1.165, 1.54) is 37.9 Å². The molecule has 1 heterocycles. The number of hydrogen-bond donors (Lipinski definition) is 0. The van der Waals surface area contributed by atoms with Gasteiger partial charge in [0, 0.05) is 19.1 Å². The summed E-state index contributed by atoms with van der Waals surface area (Å²) in [6, 6.07) is 7.79. The molecular formula is C13H17N. The van der Waals surface area contributed by atoms with E-state index in [2.05, 4.69) is 30.0 Å². The van der Waals surface area contributed by atoms with E-state index in [4.69, 9.17) is 0 Å². The molecule has 1 fully saturated rings. The van der Waals surface area contributed by atoms with Crippen molar-refractivity contribution >= 4 is 0 Å². The van der Waals surface area contributed by atoms with Crippen LogP contribution in [0.2, 0.25) is 0 Å². The number of nitrogens with zero attached hydrogens (tertiary/aromatic N) is 1. The largest absolute Gasteiger partial charge is 0.292 e. The van der Waals surface area contributed by atoms with Crippen molar-refractivity contribution in [2.75, 3.05) is 0 Å². The van der Waals surface area contributed by atoms with Gasteiger partial charge in [-0.3, -0.25) is 4.90 Å². The predicted octanol–water partition coefficient (Wildman–Crippen LogP) is 2.86. The van der Waals surface area contributed by atoms with Crippen molar-refractivity contribution in [3.05, 3.63) is 34.9 Å². The monoisotopic (exact) mass is 187 g/mol. The number of aryl methyl sites for hydroxylation is 1. The van der Waals surface area contributed by atoms with Crippen molar-refractivity contribution in [1.29, 1.82) is 0 Å². The highest BCUT2D eigenvalue weighted by atomic mass is 15.2. The first-order chi connectivity index (χ1) is 6.83. The fraction of sp³-hybridized carbons (Fsp3) is 0.538. The van der Waals surface area contributed by atoms with Crippen LogP contribution in [0.1, 0.15) is 36.0 Å². The van der Waals surface area contributed by atoms with Crippen molar-refractivity contribution in [3.8, 4) is 0 Å². The third-order valence-electron chi connectivity index (χ3n) is 3.70. The maximum absolute atomic E-state index is 2.65. The van der Waals surface area contributed by atoms with E-state index >= 15 is 0 Å². The molecule has 0 bridgehead atoms. The lowest BCUT2D eigenvalue weighted by atomic mass is 9.92. The summed E-state index contributed by atoms with van der Waals surface area (Å²) in [6.07, 6.45) is 4.29. The molecule has 1 heteroatoms. The Bertz CT molecular complexity index is 352. The van der Waals surface area contributed by atoms with Gasteiger partial charge in [0.15, 0.2) is 0 Å². The summed E-state index contributed by atoms with van der Waals surface area (Å²) in [6.45, 7) is 4.58. The number of rotatable bonds is 1. The summed E-state index contributed by atoms with van der Waals surface area (Å²) in [5, 5.41) is 0. The first kappa shape index (κ1) is 8.49. The summed E-state index contributed by atoms with van der Waals surface area (Å²) in [5.41, 5.74) is 4.53. The van der Waals surface area contributed by atoms with Gasteiger partial charge >= 0.3 is 0 Å². The molecule has 1 aromatic carbocycles. The lowest BCUT2D eigenvalue weighted by Crippen LogP contribution is -2.36. The van der Waals surface area contributed by atoms with Gasteiger partial charge in [0.05, 0.1) is 0 Å². The molecule has 1 aliphatic heterocycles. The zero-order valence-electron chi connectivity index (χ0n) is 8.79. The van der Waals surface area contributed by atoms with Crippen LogP contribution in [0.3, 0.4) is 0 Å². The molecule has 1 aliphatic carbocycles. The molecule has 1 nitrogen and oxygen atoms in total. The molecule has 3 rings (SSSR count). The number of hydrogen-bond acceptors (Lipinski definition) is 1. The van der Waals surface area contributed by atoms with Crippen molar-refractivity contribution in [1.82, 2.24) is 4.90 Å². The first-order valence-electron chi connectivity index (χ1n) is 5.65. The Morgan fingerprint density at radius 3 is 2.64 bits per heavy atom. The van der Waals surface area contributed by atoms with Gasteiger partial charge in [-0.2, -0.15) is 0 Å². The summed E-state index contributed by atoms with van der Waals surface area (Å²) in [7, 11) is 0. The van der Waals surface area contributed by atoms with Gasteiger partial charge in [0.2, 0.25) is 0 Å². The van der Waals surface area contributed by atoms with Crippen LogP contribution in [0.4, 0.5) is 0 Å². The highest BCUT2D eigenvalue weighted by Gasteiger charge is 2.29. The second-order valence-corrected chi connectivity index (χ2v) is 4.76. The molecule has 0 unspecified atom stereocenters. The molecule has 0 aromatic heterocycles. The van der Waals surface area contributed by atoms with Crippen LogP contribution in [-0.4, -0.2) is 10.9 Å². The fourth-order valence-corrected chi connectivity index (χ4v) is 2.56. The maximum atomic E-state index is 2.65. The van der Waals surface area contributed by atoms with Crippen LogP contribution in [0.15, 0.2) is 18.2 Å².